The van der Waals surface area contributed by atoms with Gasteiger partial charge in [-0.3, -0.25) is 0 Å². The van der Waals surface area contributed by atoms with Gasteiger partial charge in [-0.1, -0.05) is 0 Å². The van der Waals surface area contributed by atoms with E-state index < -0.39 is 10.2 Å². The Hall–Kier alpha value is -0.250. The van der Waals surface area contributed by atoms with E-state index in [-0.39, 0.29) is 11.7 Å². The van der Waals surface area contributed by atoms with Gasteiger partial charge in [0.2, 0.25) is 0 Å². The second kappa shape index (κ2) is 6.93. The van der Waals surface area contributed by atoms with Gasteiger partial charge in [0.1, 0.15) is 0 Å². The Bertz CT molecular complexity index is 506. The van der Waals surface area contributed by atoms with Crippen molar-refractivity contribution in [3.8, 4) is 0 Å². The average Bonchev–Trinajstić information content (AvgIpc) is 3.14. The van der Waals surface area contributed by atoms with Crippen molar-refractivity contribution in [3.63, 3.8) is 0 Å². The first-order valence-corrected chi connectivity index (χ1v) is 9.82. The third-order valence-corrected chi connectivity index (χ3v) is 7.04. The lowest BCUT2D eigenvalue weighted by Crippen LogP contribution is -2.41. The summed E-state index contributed by atoms with van der Waals surface area (Å²) in [6.07, 6.45) is 3.74. The van der Waals surface area contributed by atoms with E-state index in [4.69, 9.17) is 14.2 Å². The molecule has 0 bridgehead atoms. The summed E-state index contributed by atoms with van der Waals surface area (Å²) in [6, 6.07) is 0. The van der Waals surface area contributed by atoms with Gasteiger partial charge in [0.05, 0.1) is 24.9 Å². The second-order valence-corrected chi connectivity index (χ2v) is 9.23. The Labute approximate surface area is 139 Å². The Morgan fingerprint density at radius 1 is 1.30 bits per heavy atom. The van der Waals surface area contributed by atoms with Gasteiger partial charge < -0.3 is 14.2 Å². The minimum absolute atomic E-state index is 0.0832. The van der Waals surface area contributed by atoms with Gasteiger partial charge in [-0.2, -0.15) is 17.0 Å². The van der Waals surface area contributed by atoms with Crippen LogP contribution in [0.3, 0.4) is 0 Å². The molecule has 7 nitrogen and oxygen atoms in total. The van der Waals surface area contributed by atoms with Crippen molar-refractivity contribution in [2.45, 2.75) is 37.4 Å². The van der Waals surface area contributed by atoms with Gasteiger partial charge in [-0.25, -0.2) is 0 Å². The molecule has 0 saturated carbocycles. The molecule has 8 heteroatoms. The summed E-state index contributed by atoms with van der Waals surface area (Å²) >= 11 is 0. The van der Waals surface area contributed by atoms with Crippen LogP contribution in [0.25, 0.3) is 0 Å². The van der Waals surface area contributed by atoms with E-state index in [1.807, 2.05) is 0 Å². The van der Waals surface area contributed by atoms with Gasteiger partial charge >= 0.3 is 0 Å². The Kier molecular flexibility index (Phi) is 5.30. The number of ether oxygens (including phenoxy) is 3. The molecule has 0 unspecified atom stereocenters. The fraction of sp³-hybridized carbons (Fsp3) is 1.00. The van der Waals surface area contributed by atoms with E-state index in [0.717, 1.165) is 45.5 Å². The molecule has 0 aliphatic carbocycles. The first-order chi connectivity index (χ1) is 10.9. The molecule has 0 aromatic carbocycles. The lowest BCUT2D eigenvalue weighted by molar-refractivity contribution is -0.0181. The molecule has 3 fully saturated rings. The van der Waals surface area contributed by atoms with Crippen LogP contribution in [-0.4, -0.2) is 82.3 Å². The van der Waals surface area contributed by atoms with E-state index in [0.29, 0.717) is 25.6 Å². The summed E-state index contributed by atoms with van der Waals surface area (Å²) < 4.78 is 44.7. The predicted molar refractivity (Wildman–Crippen MR) is 85.4 cm³/mol. The van der Waals surface area contributed by atoms with Crippen LogP contribution in [0.1, 0.15) is 25.7 Å². The molecule has 23 heavy (non-hydrogen) atoms. The standard InChI is InChI=1S/C15H28N2O5S/c1-16(2)23(18,19)17-6-5-15(12-17)9-14(11-22-15)21-10-13-3-7-20-8-4-13/h13-14H,3-12H2,1-2H3/t14-,15-/m0/s1. The summed E-state index contributed by atoms with van der Waals surface area (Å²) in [7, 11) is -0.225. The SMILES string of the molecule is CN(C)S(=O)(=O)N1CC[C@]2(C[C@H](OCC3CCOCC3)CO2)C1. The van der Waals surface area contributed by atoms with Crippen LogP contribution < -0.4 is 0 Å². The molecule has 3 saturated heterocycles. The molecular weight excluding hydrogens is 320 g/mol. The molecule has 3 aliphatic rings. The van der Waals surface area contributed by atoms with Gasteiger partial charge in [-0.15, -0.1) is 0 Å². The lowest BCUT2D eigenvalue weighted by Gasteiger charge is -2.25. The van der Waals surface area contributed by atoms with Crippen molar-refractivity contribution in [2.75, 3.05) is 53.6 Å². The topological polar surface area (TPSA) is 68.3 Å². The first kappa shape index (κ1) is 17.6. The molecule has 3 rings (SSSR count). The number of nitrogens with zero attached hydrogens (tertiary/aromatic N) is 2. The Balaban J connectivity index is 1.49. The average molecular weight is 348 g/mol. The van der Waals surface area contributed by atoms with Crippen LogP contribution in [0.15, 0.2) is 0 Å². The highest BCUT2D eigenvalue weighted by Crippen LogP contribution is 2.37. The lowest BCUT2D eigenvalue weighted by atomic mass is 9.98. The largest absolute Gasteiger partial charge is 0.381 e. The van der Waals surface area contributed by atoms with Crippen molar-refractivity contribution in [2.24, 2.45) is 5.92 Å². The zero-order valence-corrected chi connectivity index (χ0v) is 14.9. The van der Waals surface area contributed by atoms with Crippen molar-refractivity contribution < 1.29 is 22.6 Å². The quantitative estimate of drug-likeness (QED) is 0.722. The smallest absolute Gasteiger partial charge is 0.281 e. The zero-order valence-electron chi connectivity index (χ0n) is 14.1. The van der Waals surface area contributed by atoms with Crippen molar-refractivity contribution in [3.05, 3.63) is 0 Å². The molecule has 0 N–H and O–H groups in total. The fourth-order valence-corrected chi connectivity index (χ4v) is 4.80. The van der Waals surface area contributed by atoms with Gasteiger partial charge in [0, 0.05) is 46.8 Å². The van der Waals surface area contributed by atoms with E-state index in [1.165, 1.54) is 8.61 Å². The zero-order chi connectivity index (χ0) is 16.5. The van der Waals surface area contributed by atoms with E-state index in [1.54, 1.807) is 14.1 Å². The number of hydrogen-bond acceptors (Lipinski definition) is 5. The highest BCUT2D eigenvalue weighted by molar-refractivity contribution is 7.86. The van der Waals surface area contributed by atoms with Crippen molar-refractivity contribution >= 4 is 10.2 Å². The van der Waals surface area contributed by atoms with Crippen molar-refractivity contribution in [1.29, 1.82) is 0 Å². The van der Waals surface area contributed by atoms with E-state index in [2.05, 4.69) is 0 Å². The summed E-state index contributed by atoms with van der Waals surface area (Å²) in [4.78, 5) is 0. The molecule has 2 atom stereocenters. The maximum atomic E-state index is 12.2. The Morgan fingerprint density at radius 2 is 2.04 bits per heavy atom. The molecule has 0 aromatic rings. The third-order valence-electron chi connectivity index (χ3n) is 5.15. The minimum Gasteiger partial charge on any atom is -0.381 e. The van der Waals surface area contributed by atoms with Gasteiger partial charge in [-0.05, 0) is 25.2 Å². The summed E-state index contributed by atoms with van der Waals surface area (Å²) in [6.45, 7) is 3.94. The number of rotatable bonds is 5. The third kappa shape index (κ3) is 3.88. The van der Waals surface area contributed by atoms with Crippen LogP contribution in [0, 0.1) is 5.92 Å². The molecule has 3 heterocycles. The highest BCUT2D eigenvalue weighted by Gasteiger charge is 2.49. The van der Waals surface area contributed by atoms with E-state index >= 15 is 0 Å². The van der Waals surface area contributed by atoms with Crippen LogP contribution in [0.2, 0.25) is 0 Å². The van der Waals surface area contributed by atoms with Gasteiger partial charge in [0.15, 0.2) is 0 Å². The molecule has 3 aliphatic heterocycles. The molecular formula is C15H28N2O5S. The van der Waals surface area contributed by atoms with E-state index in [9.17, 15) is 8.42 Å². The highest BCUT2D eigenvalue weighted by atomic mass is 32.2. The predicted octanol–water partition coefficient (Wildman–Crippen LogP) is 0.469. The minimum atomic E-state index is -3.36. The molecule has 1 spiro atoms. The molecule has 134 valence electrons. The number of hydrogen-bond donors (Lipinski definition) is 0. The van der Waals surface area contributed by atoms with Crippen LogP contribution in [0.4, 0.5) is 0 Å². The molecule has 0 radical (unpaired) electrons. The normalized spacial score (nSPS) is 34.0. The van der Waals surface area contributed by atoms with Gasteiger partial charge in [0.25, 0.3) is 10.2 Å². The van der Waals surface area contributed by atoms with Crippen LogP contribution >= 0.6 is 0 Å². The summed E-state index contributed by atoms with van der Waals surface area (Å²) in [5.74, 6) is 0.578. The Morgan fingerprint density at radius 3 is 2.74 bits per heavy atom. The van der Waals surface area contributed by atoms with Crippen molar-refractivity contribution in [1.82, 2.24) is 8.61 Å². The summed E-state index contributed by atoms with van der Waals surface area (Å²) in [5.41, 5.74) is -0.358. The maximum Gasteiger partial charge on any atom is 0.281 e. The first-order valence-electron chi connectivity index (χ1n) is 8.42. The summed E-state index contributed by atoms with van der Waals surface area (Å²) in [5, 5.41) is 0. The maximum absolute atomic E-state index is 12.2. The molecule has 0 amide bonds. The second-order valence-electron chi connectivity index (χ2n) is 7.08. The monoisotopic (exact) mass is 348 g/mol. The van der Waals surface area contributed by atoms with Crippen LogP contribution in [0.5, 0.6) is 0 Å². The molecule has 0 aromatic heterocycles. The fourth-order valence-electron chi connectivity index (χ4n) is 3.62. The van der Waals surface area contributed by atoms with Crippen LogP contribution in [-0.2, 0) is 24.4 Å².